The number of aromatic hydroxyl groups is 1. The molecular formula is C17H16N2O3S. The van der Waals surface area contributed by atoms with Crippen LogP contribution in [0.15, 0.2) is 34.5 Å². The van der Waals surface area contributed by atoms with Crippen LogP contribution >= 0.6 is 11.3 Å². The summed E-state index contributed by atoms with van der Waals surface area (Å²) >= 11 is 1.39. The number of thiazole rings is 1. The molecule has 1 amide bonds. The van der Waals surface area contributed by atoms with Crippen LogP contribution in [0.2, 0.25) is 0 Å². The third kappa shape index (κ3) is 2.85. The molecule has 0 atom stereocenters. The standard InChI is InChI=1S/C17H16N2O3S/c1-9-6-13(10(2)11(3)15(9)20)18-16(21)14-8-23-17(19-14)12-4-5-22-7-12/h4-8,20H,1-3H3,(H,18,21). The van der Waals surface area contributed by atoms with Crippen molar-refractivity contribution in [1.82, 2.24) is 4.98 Å². The predicted octanol–water partition coefficient (Wildman–Crippen LogP) is 4.29. The van der Waals surface area contributed by atoms with Crippen LogP contribution in [-0.4, -0.2) is 16.0 Å². The summed E-state index contributed by atoms with van der Waals surface area (Å²) in [5, 5.41) is 15.3. The molecule has 1 aromatic carbocycles. The van der Waals surface area contributed by atoms with Gasteiger partial charge in [-0.15, -0.1) is 11.3 Å². The van der Waals surface area contributed by atoms with Crippen LogP contribution in [0, 0.1) is 20.8 Å². The number of aryl methyl sites for hydroxylation is 1. The molecule has 5 nitrogen and oxygen atoms in total. The van der Waals surface area contributed by atoms with Crippen LogP contribution in [0.5, 0.6) is 5.75 Å². The minimum Gasteiger partial charge on any atom is -0.507 e. The minimum absolute atomic E-state index is 0.261. The van der Waals surface area contributed by atoms with E-state index >= 15 is 0 Å². The fraction of sp³-hybridized carbons (Fsp3) is 0.176. The number of amides is 1. The van der Waals surface area contributed by atoms with Crippen molar-refractivity contribution in [3.63, 3.8) is 0 Å². The molecular weight excluding hydrogens is 312 g/mol. The Hall–Kier alpha value is -2.60. The van der Waals surface area contributed by atoms with Crippen LogP contribution < -0.4 is 5.32 Å². The quantitative estimate of drug-likeness (QED) is 0.703. The van der Waals surface area contributed by atoms with Gasteiger partial charge in [0.05, 0.1) is 6.26 Å². The summed E-state index contributed by atoms with van der Waals surface area (Å²) in [6, 6.07) is 3.57. The second-order valence-electron chi connectivity index (χ2n) is 5.34. The van der Waals surface area contributed by atoms with Crippen LogP contribution in [0.25, 0.3) is 10.6 Å². The Bertz CT molecular complexity index is 866. The molecule has 3 aromatic rings. The maximum absolute atomic E-state index is 12.4. The first-order chi connectivity index (χ1) is 11.0. The van der Waals surface area contributed by atoms with E-state index in [4.69, 9.17) is 4.42 Å². The summed E-state index contributed by atoms with van der Waals surface area (Å²) in [6.07, 6.45) is 3.17. The average molecular weight is 328 g/mol. The van der Waals surface area contributed by atoms with Crippen molar-refractivity contribution in [2.75, 3.05) is 5.32 Å². The molecule has 0 aliphatic heterocycles. The molecule has 23 heavy (non-hydrogen) atoms. The molecule has 0 spiro atoms. The molecule has 6 heteroatoms. The van der Waals surface area contributed by atoms with E-state index in [0.29, 0.717) is 11.4 Å². The van der Waals surface area contributed by atoms with Crippen molar-refractivity contribution in [2.24, 2.45) is 0 Å². The van der Waals surface area contributed by atoms with Gasteiger partial charge < -0.3 is 14.8 Å². The number of aromatic nitrogens is 1. The molecule has 0 aliphatic rings. The van der Waals surface area contributed by atoms with Crippen molar-refractivity contribution in [3.8, 4) is 16.3 Å². The molecule has 2 heterocycles. The van der Waals surface area contributed by atoms with Gasteiger partial charge in [-0.25, -0.2) is 4.98 Å². The zero-order chi connectivity index (χ0) is 16.6. The summed E-state index contributed by atoms with van der Waals surface area (Å²) in [4.78, 5) is 16.7. The van der Waals surface area contributed by atoms with Crippen LogP contribution in [0.4, 0.5) is 5.69 Å². The molecule has 0 bridgehead atoms. The Kier molecular flexibility index (Phi) is 3.92. The lowest BCUT2D eigenvalue weighted by atomic mass is 10.0. The van der Waals surface area contributed by atoms with E-state index in [-0.39, 0.29) is 11.7 Å². The molecule has 0 aliphatic carbocycles. The Morgan fingerprint density at radius 2 is 2.09 bits per heavy atom. The van der Waals surface area contributed by atoms with Crippen molar-refractivity contribution >= 4 is 22.9 Å². The van der Waals surface area contributed by atoms with E-state index in [1.807, 2.05) is 13.8 Å². The van der Waals surface area contributed by atoms with Gasteiger partial charge in [0.1, 0.15) is 22.7 Å². The summed E-state index contributed by atoms with van der Waals surface area (Å²) in [6.45, 7) is 5.49. The van der Waals surface area contributed by atoms with Gasteiger partial charge in [0.2, 0.25) is 0 Å². The number of benzene rings is 1. The molecule has 0 radical (unpaired) electrons. The zero-order valence-electron chi connectivity index (χ0n) is 13.0. The van der Waals surface area contributed by atoms with E-state index in [1.54, 1.807) is 37.0 Å². The van der Waals surface area contributed by atoms with E-state index in [9.17, 15) is 9.90 Å². The van der Waals surface area contributed by atoms with Gasteiger partial charge >= 0.3 is 0 Å². The first kappa shape index (κ1) is 15.3. The Balaban J connectivity index is 1.86. The topological polar surface area (TPSA) is 75.4 Å². The number of carbonyl (C=O) groups is 1. The number of hydrogen-bond donors (Lipinski definition) is 2. The number of anilines is 1. The molecule has 2 aromatic heterocycles. The van der Waals surface area contributed by atoms with Gasteiger partial charge in [-0.2, -0.15) is 0 Å². The largest absolute Gasteiger partial charge is 0.507 e. The Labute approximate surface area is 137 Å². The highest BCUT2D eigenvalue weighted by atomic mass is 32.1. The lowest BCUT2D eigenvalue weighted by Crippen LogP contribution is -2.13. The first-order valence-electron chi connectivity index (χ1n) is 7.06. The summed E-state index contributed by atoms with van der Waals surface area (Å²) < 4.78 is 5.03. The number of carbonyl (C=O) groups excluding carboxylic acids is 1. The number of nitrogens with zero attached hydrogens (tertiary/aromatic N) is 1. The molecule has 118 valence electrons. The Morgan fingerprint density at radius 3 is 2.78 bits per heavy atom. The summed E-state index contributed by atoms with van der Waals surface area (Å²) in [7, 11) is 0. The first-order valence-corrected chi connectivity index (χ1v) is 7.94. The van der Waals surface area contributed by atoms with E-state index in [2.05, 4.69) is 10.3 Å². The number of phenols is 1. The Morgan fingerprint density at radius 1 is 1.30 bits per heavy atom. The fourth-order valence-corrected chi connectivity index (χ4v) is 3.07. The maximum Gasteiger partial charge on any atom is 0.275 e. The summed E-state index contributed by atoms with van der Waals surface area (Å²) in [5.41, 5.74) is 4.21. The molecule has 3 rings (SSSR count). The number of phenolic OH excluding ortho intramolecular Hbond substituents is 1. The third-order valence-electron chi connectivity index (χ3n) is 3.81. The molecule has 0 saturated heterocycles. The maximum atomic E-state index is 12.4. The van der Waals surface area contributed by atoms with Gasteiger partial charge in [-0.3, -0.25) is 4.79 Å². The zero-order valence-corrected chi connectivity index (χ0v) is 13.8. The van der Waals surface area contributed by atoms with E-state index in [0.717, 1.165) is 27.3 Å². The van der Waals surface area contributed by atoms with Gasteiger partial charge in [-0.1, -0.05) is 0 Å². The second kappa shape index (κ2) is 5.89. The van der Waals surface area contributed by atoms with E-state index < -0.39 is 0 Å². The van der Waals surface area contributed by atoms with Crippen molar-refractivity contribution < 1.29 is 14.3 Å². The van der Waals surface area contributed by atoms with Crippen LogP contribution in [0.1, 0.15) is 27.2 Å². The van der Waals surface area contributed by atoms with E-state index in [1.165, 1.54) is 11.3 Å². The summed E-state index contributed by atoms with van der Waals surface area (Å²) in [5.74, 6) is -0.0139. The highest BCUT2D eigenvalue weighted by molar-refractivity contribution is 7.13. The van der Waals surface area contributed by atoms with Crippen molar-refractivity contribution in [3.05, 3.63) is 52.4 Å². The predicted molar refractivity (Wildman–Crippen MR) is 90.1 cm³/mol. The van der Waals surface area contributed by atoms with Gasteiger partial charge in [-0.05, 0) is 49.6 Å². The molecule has 0 saturated carbocycles. The van der Waals surface area contributed by atoms with Gasteiger partial charge in [0, 0.05) is 16.6 Å². The number of nitrogens with one attached hydrogen (secondary N) is 1. The lowest BCUT2D eigenvalue weighted by molar-refractivity contribution is 0.102. The SMILES string of the molecule is Cc1cc(NC(=O)c2csc(-c3ccoc3)n2)c(C)c(C)c1O. The highest BCUT2D eigenvalue weighted by Crippen LogP contribution is 2.31. The van der Waals surface area contributed by atoms with Gasteiger partial charge in [0.15, 0.2) is 0 Å². The van der Waals surface area contributed by atoms with Crippen LogP contribution in [-0.2, 0) is 0 Å². The smallest absolute Gasteiger partial charge is 0.275 e. The monoisotopic (exact) mass is 328 g/mol. The number of rotatable bonds is 3. The number of furan rings is 1. The molecule has 2 N–H and O–H groups in total. The minimum atomic E-state index is -0.274. The third-order valence-corrected chi connectivity index (χ3v) is 4.70. The highest BCUT2D eigenvalue weighted by Gasteiger charge is 2.16. The average Bonchev–Trinajstić information content (AvgIpc) is 3.20. The van der Waals surface area contributed by atoms with Crippen LogP contribution in [0.3, 0.4) is 0 Å². The van der Waals surface area contributed by atoms with Crippen molar-refractivity contribution in [1.29, 1.82) is 0 Å². The number of hydrogen-bond acceptors (Lipinski definition) is 5. The fourth-order valence-electron chi connectivity index (χ4n) is 2.28. The second-order valence-corrected chi connectivity index (χ2v) is 6.20. The lowest BCUT2D eigenvalue weighted by Gasteiger charge is -2.13. The molecule has 0 fully saturated rings. The van der Waals surface area contributed by atoms with Gasteiger partial charge in [0.25, 0.3) is 5.91 Å². The molecule has 0 unspecified atom stereocenters. The van der Waals surface area contributed by atoms with Crippen molar-refractivity contribution in [2.45, 2.75) is 20.8 Å². The normalized spacial score (nSPS) is 10.7.